The van der Waals surface area contributed by atoms with Gasteiger partial charge in [-0.25, -0.2) is 14.2 Å². The van der Waals surface area contributed by atoms with E-state index in [-0.39, 0.29) is 16.8 Å². The average molecular weight is 327 g/mol. The van der Waals surface area contributed by atoms with Gasteiger partial charge in [-0.05, 0) is 22.0 Å². The maximum Gasteiger partial charge on any atom is 0.354 e. The molecule has 0 saturated heterocycles. The lowest BCUT2D eigenvalue weighted by atomic mass is 10.2. The summed E-state index contributed by atoms with van der Waals surface area (Å²) in [5.41, 5.74) is 0.658. The Labute approximate surface area is 115 Å². The minimum Gasteiger partial charge on any atom is -0.491 e. The highest BCUT2D eigenvalue weighted by Crippen LogP contribution is 2.36. The van der Waals surface area contributed by atoms with Crippen LogP contribution in [0.3, 0.4) is 0 Å². The monoisotopic (exact) mass is 326 g/mol. The third kappa shape index (κ3) is 1.90. The van der Waals surface area contributed by atoms with E-state index in [9.17, 15) is 9.18 Å². The van der Waals surface area contributed by atoms with Gasteiger partial charge in [0.15, 0.2) is 0 Å². The van der Waals surface area contributed by atoms with E-state index in [2.05, 4.69) is 20.9 Å². The van der Waals surface area contributed by atoms with Gasteiger partial charge in [-0.2, -0.15) is 0 Å². The number of aromatic carboxylic acids is 1. The Morgan fingerprint density at radius 3 is 3.05 bits per heavy atom. The van der Waals surface area contributed by atoms with Gasteiger partial charge in [0.2, 0.25) is 0 Å². The van der Waals surface area contributed by atoms with Gasteiger partial charge in [0.25, 0.3) is 0 Å². The van der Waals surface area contributed by atoms with Crippen LogP contribution >= 0.6 is 15.9 Å². The summed E-state index contributed by atoms with van der Waals surface area (Å²) in [5.74, 6) is -0.659. The minimum absolute atomic E-state index is 0.0897. The molecule has 1 aliphatic rings. The molecule has 0 saturated carbocycles. The standard InChI is InChI=1S/C12H8BrFN2O3/c13-7-3-6-10(4-8(7)14)19-2-1-16-9(12(17)18)5-15-11(6)16/h3-5H,1-2H2,(H,17,18). The molecule has 0 aliphatic carbocycles. The molecule has 1 aromatic carbocycles. The highest BCUT2D eigenvalue weighted by atomic mass is 79.9. The number of carboxylic acids is 1. The van der Waals surface area contributed by atoms with Crippen molar-refractivity contribution in [2.45, 2.75) is 6.54 Å². The largest absolute Gasteiger partial charge is 0.491 e. The number of hydrogen-bond donors (Lipinski definition) is 1. The number of benzene rings is 1. The Bertz CT molecular complexity index is 684. The number of halogens is 2. The summed E-state index contributed by atoms with van der Waals surface area (Å²) in [4.78, 5) is 15.2. The van der Waals surface area contributed by atoms with E-state index in [0.29, 0.717) is 23.7 Å². The summed E-state index contributed by atoms with van der Waals surface area (Å²) in [6.45, 7) is 0.614. The van der Waals surface area contributed by atoms with Crippen LogP contribution in [0.2, 0.25) is 0 Å². The summed E-state index contributed by atoms with van der Waals surface area (Å²) in [6, 6.07) is 2.81. The van der Waals surface area contributed by atoms with E-state index >= 15 is 0 Å². The molecule has 0 radical (unpaired) electrons. The predicted molar refractivity (Wildman–Crippen MR) is 67.8 cm³/mol. The Morgan fingerprint density at radius 1 is 1.53 bits per heavy atom. The van der Waals surface area contributed by atoms with Crippen LogP contribution in [0.5, 0.6) is 5.75 Å². The highest BCUT2D eigenvalue weighted by molar-refractivity contribution is 9.10. The quantitative estimate of drug-likeness (QED) is 0.874. The number of fused-ring (bicyclic) bond motifs is 3. The van der Waals surface area contributed by atoms with Crippen molar-refractivity contribution >= 4 is 21.9 Å². The molecule has 0 amide bonds. The third-order valence-corrected chi connectivity index (χ3v) is 3.52. The molecule has 0 atom stereocenters. The fourth-order valence-electron chi connectivity index (χ4n) is 2.06. The SMILES string of the molecule is O=C(O)c1cnc2n1CCOc1cc(F)c(Br)cc1-2. The molecule has 1 N–H and O–H groups in total. The molecular weight excluding hydrogens is 319 g/mol. The minimum atomic E-state index is -1.05. The van der Waals surface area contributed by atoms with Crippen molar-refractivity contribution in [2.24, 2.45) is 0 Å². The molecule has 3 rings (SSSR count). The van der Waals surface area contributed by atoms with Gasteiger partial charge in [-0.3, -0.25) is 0 Å². The van der Waals surface area contributed by atoms with Crippen LogP contribution in [0.1, 0.15) is 10.5 Å². The summed E-state index contributed by atoms with van der Waals surface area (Å²) < 4.78 is 20.8. The third-order valence-electron chi connectivity index (χ3n) is 2.91. The zero-order valence-electron chi connectivity index (χ0n) is 9.56. The molecular formula is C12H8BrFN2O3. The molecule has 1 aromatic heterocycles. The fourth-order valence-corrected chi connectivity index (χ4v) is 2.40. The topological polar surface area (TPSA) is 64.3 Å². The second-order valence-electron chi connectivity index (χ2n) is 4.03. The van der Waals surface area contributed by atoms with Gasteiger partial charge < -0.3 is 14.4 Å². The highest BCUT2D eigenvalue weighted by Gasteiger charge is 2.23. The zero-order chi connectivity index (χ0) is 13.6. The summed E-state index contributed by atoms with van der Waals surface area (Å²) in [6.07, 6.45) is 1.30. The summed E-state index contributed by atoms with van der Waals surface area (Å²) >= 11 is 3.10. The molecule has 2 heterocycles. The van der Waals surface area contributed by atoms with Crippen LogP contribution in [0, 0.1) is 5.82 Å². The van der Waals surface area contributed by atoms with Crippen molar-refractivity contribution in [3.8, 4) is 17.1 Å². The van der Waals surface area contributed by atoms with Crippen LogP contribution in [0.4, 0.5) is 4.39 Å². The van der Waals surface area contributed by atoms with Crippen LogP contribution < -0.4 is 4.74 Å². The molecule has 7 heteroatoms. The van der Waals surface area contributed by atoms with E-state index in [0.717, 1.165) is 0 Å². The fraction of sp³-hybridized carbons (Fsp3) is 0.167. The first-order valence-corrected chi connectivity index (χ1v) is 6.28. The molecule has 19 heavy (non-hydrogen) atoms. The van der Waals surface area contributed by atoms with E-state index in [1.807, 2.05) is 0 Å². The van der Waals surface area contributed by atoms with Crippen molar-refractivity contribution in [3.05, 3.63) is 34.3 Å². The van der Waals surface area contributed by atoms with Gasteiger partial charge >= 0.3 is 5.97 Å². The smallest absolute Gasteiger partial charge is 0.354 e. The average Bonchev–Trinajstić information content (AvgIpc) is 2.70. The van der Waals surface area contributed by atoms with Gasteiger partial charge in [0, 0.05) is 6.07 Å². The Hall–Kier alpha value is -1.89. The van der Waals surface area contributed by atoms with E-state index in [4.69, 9.17) is 9.84 Å². The van der Waals surface area contributed by atoms with E-state index in [1.54, 1.807) is 10.6 Å². The number of rotatable bonds is 1. The van der Waals surface area contributed by atoms with Crippen LogP contribution in [-0.4, -0.2) is 27.2 Å². The van der Waals surface area contributed by atoms with Gasteiger partial charge in [-0.1, -0.05) is 0 Å². The van der Waals surface area contributed by atoms with E-state index < -0.39 is 11.8 Å². The number of imidazole rings is 1. The van der Waals surface area contributed by atoms with Gasteiger partial charge in [-0.15, -0.1) is 0 Å². The number of carboxylic acid groups (broad SMARTS) is 1. The maximum atomic E-state index is 13.5. The molecule has 0 bridgehead atoms. The molecule has 0 spiro atoms. The van der Waals surface area contributed by atoms with Crippen molar-refractivity contribution in [2.75, 3.05) is 6.61 Å². The van der Waals surface area contributed by atoms with Crippen LogP contribution in [-0.2, 0) is 6.54 Å². The first-order valence-electron chi connectivity index (χ1n) is 5.49. The van der Waals surface area contributed by atoms with Crippen molar-refractivity contribution < 1.29 is 19.0 Å². The van der Waals surface area contributed by atoms with Crippen molar-refractivity contribution in [1.82, 2.24) is 9.55 Å². The first kappa shape index (κ1) is 12.2. The van der Waals surface area contributed by atoms with Gasteiger partial charge in [0.05, 0.1) is 22.8 Å². The maximum absolute atomic E-state index is 13.5. The lowest BCUT2D eigenvalue weighted by molar-refractivity contribution is 0.0684. The number of aromatic nitrogens is 2. The van der Waals surface area contributed by atoms with Gasteiger partial charge in [0.1, 0.15) is 29.7 Å². The zero-order valence-corrected chi connectivity index (χ0v) is 11.1. The summed E-state index contributed by atoms with van der Waals surface area (Å²) in [7, 11) is 0. The number of nitrogens with zero attached hydrogens (tertiary/aromatic N) is 2. The predicted octanol–water partition coefficient (Wildman–Crippen LogP) is 2.54. The normalized spacial score (nSPS) is 13.2. The number of ether oxygens (including phenoxy) is 1. The lowest BCUT2D eigenvalue weighted by Gasteiger charge is -2.07. The molecule has 5 nitrogen and oxygen atoms in total. The number of hydrogen-bond acceptors (Lipinski definition) is 3. The second-order valence-corrected chi connectivity index (χ2v) is 4.89. The lowest BCUT2D eigenvalue weighted by Crippen LogP contribution is -2.12. The second kappa shape index (κ2) is 4.34. The number of carbonyl (C=O) groups is 1. The first-order chi connectivity index (χ1) is 9.08. The van der Waals surface area contributed by atoms with E-state index in [1.165, 1.54) is 12.3 Å². The van der Waals surface area contributed by atoms with Crippen molar-refractivity contribution in [3.63, 3.8) is 0 Å². The Balaban J connectivity index is 2.25. The summed E-state index contributed by atoms with van der Waals surface area (Å²) in [5, 5.41) is 9.10. The van der Waals surface area contributed by atoms with Crippen LogP contribution in [0.25, 0.3) is 11.4 Å². The van der Waals surface area contributed by atoms with Crippen LogP contribution in [0.15, 0.2) is 22.8 Å². The Morgan fingerprint density at radius 2 is 2.32 bits per heavy atom. The molecule has 98 valence electrons. The van der Waals surface area contributed by atoms with Crippen molar-refractivity contribution in [1.29, 1.82) is 0 Å². The molecule has 0 fully saturated rings. The molecule has 0 unspecified atom stereocenters. The Kier molecular flexibility index (Phi) is 2.78. The molecule has 1 aliphatic heterocycles. The molecule has 2 aromatic rings.